The molecule has 0 heterocycles. The first-order valence-electron chi connectivity index (χ1n) is 10.2. The van der Waals surface area contributed by atoms with Crippen molar-refractivity contribution >= 4 is 67.7 Å². The van der Waals surface area contributed by atoms with Crippen molar-refractivity contribution in [1.82, 2.24) is 9.80 Å². The van der Waals surface area contributed by atoms with Crippen molar-refractivity contribution in [1.29, 1.82) is 0 Å². The molecular weight excluding hydrogens is 485 g/mol. The van der Waals surface area contributed by atoms with Crippen molar-refractivity contribution in [2.75, 3.05) is 90.5 Å². The van der Waals surface area contributed by atoms with E-state index < -0.39 is 0 Å². The summed E-state index contributed by atoms with van der Waals surface area (Å²) in [6.07, 6.45) is 0. The Balaban J connectivity index is 4.82. The molecule has 0 saturated carbocycles. The van der Waals surface area contributed by atoms with Crippen LogP contribution in [0.2, 0.25) is 0 Å². The maximum atomic E-state index is 5.83. The summed E-state index contributed by atoms with van der Waals surface area (Å²) in [5.41, 5.74) is 23.3. The first kappa shape index (κ1) is 31.2. The van der Waals surface area contributed by atoms with Gasteiger partial charge in [-0.05, 0) is 0 Å². The molecule has 8 N–H and O–H groups in total. The van der Waals surface area contributed by atoms with Gasteiger partial charge in [-0.3, -0.25) is 20.0 Å². The van der Waals surface area contributed by atoms with Gasteiger partial charge in [-0.2, -0.15) is 0 Å². The second kappa shape index (κ2) is 20.8. The second-order valence-electron chi connectivity index (χ2n) is 6.32. The highest BCUT2D eigenvalue weighted by atomic mass is 32.2. The van der Waals surface area contributed by atoms with Crippen molar-refractivity contribution in [3.05, 3.63) is 0 Å². The third kappa shape index (κ3) is 17.7. The van der Waals surface area contributed by atoms with E-state index in [1.807, 2.05) is 0 Å². The Kier molecular flexibility index (Phi) is 20.3. The van der Waals surface area contributed by atoms with Crippen LogP contribution < -0.4 is 22.9 Å². The van der Waals surface area contributed by atoms with Crippen molar-refractivity contribution < 1.29 is 0 Å². The number of rotatable bonds is 15. The Labute approximate surface area is 210 Å². The molecule has 0 aromatic rings. The third-order valence-corrected chi connectivity index (χ3v) is 7.70. The van der Waals surface area contributed by atoms with E-state index in [0.29, 0.717) is 20.7 Å². The van der Waals surface area contributed by atoms with Gasteiger partial charge in [0.2, 0.25) is 0 Å². The molecule has 0 rings (SSSR count). The maximum Gasteiger partial charge on any atom is 0.153 e. The predicted octanol–water partition coefficient (Wildman–Crippen LogP) is 0.301. The van der Waals surface area contributed by atoms with Crippen LogP contribution in [0.15, 0.2) is 20.0 Å². The Morgan fingerprint density at radius 2 is 0.688 bits per heavy atom. The van der Waals surface area contributed by atoms with Crippen LogP contribution in [0.3, 0.4) is 0 Å². The van der Waals surface area contributed by atoms with Gasteiger partial charge in [0.25, 0.3) is 0 Å². The first-order valence-corrected chi connectivity index (χ1v) is 14.1. The number of thioether (sulfide) groups is 4. The van der Waals surface area contributed by atoms with Crippen molar-refractivity contribution in [3.8, 4) is 0 Å². The lowest BCUT2D eigenvalue weighted by molar-refractivity contribution is 0.232. The molecule has 0 aliphatic carbocycles. The SMILES string of the molecule is CN=C(N)SCCN(CCSC(N)=NC)CCN(CCSC(N)=NC)CCSC(N)=NC. The second-order valence-corrected chi connectivity index (χ2v) is 10.8. The molecule has 0 saturated heterocycles. The van der Waals surface area contributed by atoms with Crippen molar-refractivity contribution in [3.63, 3.8) is 0 Å². The van der Waals surface area contributed by atoms with Crippen LogP contribution in [0.5, 0.6) is 0 Å². The van der Waals surface area contributed by atoms with E-state index in [1.165, 1.54) is 0 Å². The summed E-state index contributed by atoms with van der Waals surface area (Å²) < 4.78 is 0. The Hall–Kier alpha value is -0.800. The molecule has 0 aromatic heterocycles. The van der Waals surface area contributed by atoms with Crippen LogP contribution in [-0.2, 0) is 0 Å². The average molecular weight is 525 g/mol. The average Bonchev–Trinajstić information content (AvgIpc) is 2.80. The normalized spacial score (nSPS) is 14.1. The fraction of sp³-hybridized carbons (Fsp3) is 0.778. The minimum Gasteiger partial charge on any atom is -0.379 e. The number of nitrogens with two attached hydrogens (primary N) is 4. The van der Waals surface area contributed by atoms with Gasteiger partial charge in [0.05, 0.1) is 0 Å². The lowest BCUT2D eigenvalue weighted by Crippen LogP contribution is -2.39. The molecule has 0 fully saturated rings. The van der Waals surface area contributed by atoms with E-state index in [1.54, 1.807) is 75.2 Å². The van der Waals surface area contributed by atoms with E-state index >= 15 is 0 Å². The molecule has 0 spiro atoms. The first-order chi connectivity index (χ1) is 15.4. The monoisotopic (exact) mass is 524 g/mol. The fourth-order valence-electron chi connectivity index (χ4n) is 2.33. The largest absolute Gasteiger partial charge is 0.379 e. The minimum absolute atomic E-state index is 0.614. The van der Waals surface area contributed by atoms with Crippen LogP contribution in [0.4, 0.5) is 0 Å². The van der Waals surface area contributed by atoms with Gasteiger partial charge < -0.3 is 32.7 Å². The summed E-state index contributed by atoms with van der Waals surface area (Å²) in [5, 5.41) is 2.45. The molecule has 0 atom stereocenters. The van der Waals surface area contributed by atoms with Crippen LogP contribution >= 0.6 is 47.0 Å². The lowest BCUT2D eigenvalue weighted by atomic mass is 10.4. The molecule has 0 amide bonds. The molecule has 14 heteroatoms. The topological polar surface area (TPSA) is 160 Å². The number of hydrogen-bond donors (Lipinski definition) is 4. The molecular formula is C18H40N10S4. The van der Waals surface area contributed by atoms with E-state index in [4.69, 9.17) is 22.9 Å². The van der Waals surface area contributed by atoms with Gasteiger partial charge in [0, 0.05) is 90.5 Å². The Morgan fingerprint density at radius 3 is 0.875 bits per heavy atom. The summed E-state index contributed by atoms with van der Waals surface area (Å²) in [5.74, 6) is 3.57. The highest BCUT2D eigenvalue weighted by molar-refractivity contribution is 8.14. The number of nitrogens with zero attached hydrogens (tertiary/aromatic N) is 6. The maximum absolute atomic E-state index is 5.83. The number of aliphatic imine (C=N–C) groups is 4. The zero-order valence-corrected chi connectivity index (χ0v) is 23.0. The van der Waals surface area contributed by atoms with Crippen molar-refractivity contribution in [2.45, 2.75) is 0 Å². The third-order valence-electron chi connectivity index (χ3n) is 4.24. The van der Waals surface area contributed by atoms with E-state index in [0.717, 1.165) is 62.3 Å². The highest BCUT2D eigenvalue weighted by Crippen LogP contribution is 2.08. The van der Waals surface area contributed by atoms with Crippen LogP contribution in [0.25, 0.3) is 0 Å². The molecule has 10 nitrogen and oxygen atoms in total. The van der Waals surface area contributed by atoms with Gasteiger partial charge in [0.1, 0.15) is 0 Å². The zero-order chi connectivity index (χ0) is 24.2. The van der Waals surface area contributed by atoms with Gasteiger partial charge in [-0.15, -0.1) is 0 Å². The summed E-state index contributed by atoms with van der Waals surface area (Å²) in [6.45, 7) is 5.58. The van der Waals surface area contributed by atoms with Gasteiger partial charge in [0.15, 0.2) is 20.7 Å². The van der Waals surface area contributed by atoms with Gasteiger partial charge in [-0.25, -0.2) is 0 Å². The van der Waals surface area contributed by atoms with Crippen LogP contribution in [-0.4, -0.2) is 121 Å². The highest BCUT2D eigenvalue weighted by Gasteiger charge is 2.11. The Bertz CT molecular complexity index is 513. The molecule has 0 aliphatic rings. The van der Waals surface area contributed by atoms with Crippen LogP contribution in [0.1, 0.15) is 0 Å². The van der Waals surface area contributed by atoms with E-state index in [9.17, 15) is 0 Å². The Morgan fingerprint density at radius 1 is 0.469 bits per heavy atom. The van der Waals surface area contributed by atoms with E-state index in [-0.39, 0.29) is 0 Å². The van der Waals surface area contributed by atoms with Gasteiger partial charge >= 0.3 is 0 Å². The van der Waals surface area contributed by atoms with E-state index in [2.05, 4.69) is 29.8 Å². The predicted molar refractivity (Wildman–Crippen MR) is 153 cm³/mol. The minimum atomic E-state index is 0.614. The summed E-state index contributed by atoms with van der Waals surface area (Å²) >= 11 is 6.32. The molecule has 0 unspecified atom stereocenters. The molecule has 0 aliphatic heterocycles. The molecule has 0 aromatic carbocycles. The molecule has 186 valence electrons. The molecule has 0 bridgehead atoms. The van der Waals surface area contributed by atoms with Crippen LogP contribution in [0, 0.1) is 0 Å². The standard InChI is InChI=1S/C18H40N10S4/c1-23-15(19)29-11-7-27(8-12-30-16(20)24-2)5-6-28(9-13-31-17(21)25-3)10-14-32-18(22)26-4/h5-14H2,1-4H3,(H2,19,23)(H2,20,24)(H2,21,25)(H2,22,26). The molecule has 32 heavy (non-hydrogen) atoms. The number of hydrogen-bond acceptors (Lipinski definition) is 10. The lowest BCUT2D eigenvalue weighted by Gasteiger charge is -2.27. The molecule has 0 radical (unpaired) electrons. The summed E-state index contributed by atoms with van der Waals surface area (Å²) in [6, 6.07) is 0. The summed E-state index contributed by atoms with van der Waals surface area (Å²) in [4.78, 5) is 20.9. The van der Waals surface area contributed by atoms with Gasteiger partial charge in [-0.1, -0.05) is 47.0 Å². The summed E-state index contributed by atoms with van der Waals surface area (Å²) in [7, 11) is 6.85. The fourth-order valence-corrected chi connectivity index (χ4v) is 5.08. The zero-order valence-electron chi connectivity index (χ0n) is 19.7. The quantitative estimate of drug-likeness (QED) is 0.173. The smallest absolute Gasteiger partial charge is 0.153 e. The number of amidine groups is 4. The van der Waals surface area contributed by atoms with Crippen molar-refractivity contribution in [2.24, 2.45) is 42.9 Å².